The molecule has 0 radical (unpaired) electrons. The molecule has 2 nitrogen and oxygen atoms in total. The van der Waals surface area contributed by atoms with Gasteiger partial charge in [0.25, 0.3) is 0 Å². The second-order valence-electron chi connectivity index (χ2n) is 2.52. The maximum absolute atomic E-state index is 10.5. The van der Waals surface area contributed by atoms with Gasteiger partial charge in [0.05, 0.1) is 18.1 Å². The summed E-state index contributed by atoms with van der Waals surface area (Å²) in [6.45, 7) is 1.43. The molecule has 58 valence electrons. The van der Waals surface area contributed by atoms with Gasteiger partial charge < -0.3 is 4.74 Å². The number of ether oxygens (including phenoxy) is 1. The highest BCUT2D eigenvalue weighted by Crippen LogP contribution is 2.25. The van der Waals surface area contributed by atoms with Gasteiger partial charge in [0.2, 0.25) is 0 Å². The lowest BCUT2D eigenvalue weighted by atomic mass is 10.1. The fourth-order valence-corrected chi connectivity index (χ4v) is 2.21. The largest absolute Gasteiger partial charge is 0.376 e. The van der Waals surface area contributed by atoms with E-state index in [1.165, 1.54) is 22.5 Å². The van der Waals surface area contributed by atoms with Crippen molar-refractivity contribution in [3.05, 3.63) is 21.4 Å². The van der Waals surface area contributed by atoms with Crippen molar-refractivity contribution in [3.63, 3.8) is 0 Å². The van der Waals surface area contributed by atoms with Gasteiger partial charge in [-0.25, -0.2) is 0 Å². The summed E-state index contributed by atoms with van der Waals surface area (Å²) in [6, 6.07) is 0. The second-order valence-corrected chi connectivity index (χ2v) is 3.44. The van der Waals surface area contributed by atoms with E-state index in [9.17, 15) is 4.79 Å². The molecule has 3 heteroatoms. The number of rotatable bonds is 1. The zero-order valence-corrected chi connectivity index (χ0v) is 6.82. The number of fused-ring (bicyclic) bond motifs is 1. The predicted octanol–water partition coefficient (Wildman–Crippen LogP) is 1.63. The lowest BCUT2D eigenvalue weighted by Crippen LogP contribution is -2.08. The highest BCUT2D eigenvalue weighted by Gasteiger charge is 2.14. The van der Waals surface area contributed by atoms with Gasteiger partial charge >= 0.3 is 0 Å². The summed E-state index contributed by atoms with van der Waals surface area (Å²) in [5.74, 6) is 0. The molecular weight excluding hydrogens is 160 g/mol. The number of hydrogen-bond donors (Lipinski definition) is 0. The van der Waals surface area contributed by atoms with E-state index in [2.05, 4.69) is 0 Å². The Kier molecular flexibility index (Phi) is 1.75. The Bertz CT molecular complexity index is 278. The fraction of sp³-hybridized carbons (Fsp3) is 0.375. The quantitative estimate of drug-likeness (QED) is 0.596. The molecular formula is C8H8O2S. The van der Waals surface area contributed by atoms with Gasteiger partial charge in [-0.15, -0.1) is 11.3 Å². The van der Waals surface area contributed by atoms with Crippen LogP contribution in [-0.4, -0.2) is 12.9 Å². The lowest BCUT2D eigenvalue weighted by molar-refractivity contribution is 0.108. The molecule has 0 aliphatic carbocycles. The van der Waals surface area contributed by atoms with E-state index in [1.807, 2.05) is 5.38 Å². The van der Waals surface area contributed by atoms with Gasteiger partial charge in [-0.2, -0.15) is 0 Å². The van der Waals surface area contributed by atoms with Crippen LogP contribution >= 0.6 is 11.3 Å². The van der Waals surface area contributed by atoms with Crippen molar-refractivity contribution in [2.45, 2.75) is 13.0 Å². The van der Waals surface area contributed by atoms with E-state index in [1.54, 1.807) is 0 Å². The minimum atomic E-state index is 0.680. The molecule has 0 aromatic carbocycles. The third kappa shape index (κ3) is 1.10. The molecule has 2 rings (SSSR count). The molecule has 0 saturated heterocycles. The van der Waals surface area contributed by atoms with Crippen LogP contribution in [0.3, 0.4) is 0 Å². The first-order chi connectivity index (χ1) is 5.42. The summed E-state index contributed by atoms with van der Waals surface area (Å²) < 4.78 is 5.24. The number of carbonyl (C=O) groups is 1. The van der Waals surface area contributed by atoms with Gasteiger partial charge in [-0.1, -0.05) is 0 Å². The monoisotopic (exact) mass is 168 g/mol. The van der Waals surface area contributed by atoms with E-state index in [4.69, 9.17) is 4.74 Å². The molecule has 0 bridgehead atoms. The van der Waals surface area contributed by atoms with Crippen molar-refractivity contribution in [1.82, 2.24) is 0 Å². The topological polar surface area (TPSA) is 26.3 Å². The van der Waals surface area contributed by atoms with Gasteiger partial charge in [-0.05, 0) is 22.9 Å². The van der Waals surface area contributed by atoms with Crippen molar-refractivity contribution in [2.24, 2.45) is 0 Å². The van der Waals surface area contributed by atoms with Gasteiger partial charge in [0.15, 0.2) is 6.29 Å². The Morgan fingerprint density at radius 2 is 2.55 bits per heavy atom. The van der Waals surface area contributed by atoms with Crippen LogP contribution in [0, 0.1) is 0 Å². The van der Waals surface area contributed by atoms with Crippen molar-refractivity contribution in [1.29, 1.82) is 0 Å². The maximum atomic E-state index is 10.5. The SMILES string of the molecule is O=Cc1scc2c1CCOC2. The number of thiophene rings is 1. The minimum absolute atomic E-state index is 0.680. The maximum Gasteiger partial charge on any atom is 0.160 e. The molecule has 0 saturated carbocycles. The van der Waals surface area contributed by atoms with Crippen molar-refractivity contribution < 1.29 is 9.53 Å². The molecule has 1 aliphatic rings. The third-order valence-corrected chi connectivity index (χ3v) is 2.87. The van der Waals surface area contributed by atoms with Crippen LogP contribution in [0.5, 0.6) is 0 Å². The second kappa shape index (κ2) is 2.75. The fourth-order valence-electron chi connectivity index (χ4n) is 1.30. The van der Waals surface area contributed by atoms with Crippen LogP contribution in [-0.2, 0) is 17.8 Å². The Morgan fingerprint density at radius 3 is 3.36 bits per heavy atom. The van der Waals surface area contributed by atoms with Crippen LogP contribution < -0.4 is 0 Å². The molecule has 11 heavy (non-hydrogen) atoms. The molecule has 0 unspecified atom stereocenters. The molecule has 1 aromatic heterocycles. The first kappa shape index (κ1) is 7.00. The first-order valence-corrected chi connectivity index (χ1v) is 4.42. The summed E-state index contributed by atoms with van der Waals surface area (Å²) in [7, 11) is 0. The zero-order valence-electron chi connectivity index (χ0n) is 6.00. The van der Waals surface area contributed by atoms with Gasteiger partial charge in [-0.3, -0.25) is 4.79 Å². The third-order valence-electron chi connectivity index (χ3n) is 1.87. The molecule has 1 aromatic rings. The van der Waals surface area contributed by atoms with Crippen LogP contribution in [0.25, 0.3) is 0 Å². The van der Waals surface area contributed by atoms with Crippen molar-refractivity contribution >= 4 is 17.6 Å². The van der Waals surface area contributed by atoms with E-state index >= 15 is 0 Å². The highest BCUT2D eigenvalue weighted by atomic mass is 32.1. The molecule has 0 atom stereocenters. The zero-order chi connectivity index (χ0) is 7.68. The summed E-state index contributed by atoms with van der Waals surface area (Å²) in [5, 5.41) is 2.01. The molecule has 0 fully saturated rings. The number of carbonyl (C=O) groups excluding carboxylic acids is 1. The Hall–Kier alpha value is -0.670. The molecule has 0 spiro atoms. The smallest absolute Gasteiger partial charge is 0.160 e. The molecule has 0 N–H and O–H groups in total. The van der Waals surface area contributed by atoms with Crippen LogP contribution in [0.15, 0.2) is 5.38 Å². The van der Waals surface area contributed by atoms with Crippen molar-refractivity contribution in [2.75, 3.05) is 6.61 Å². The summed E-state index contributed by atoms with van der Waals surface area (Å²) in [5.41, 5.74) is 2.40. The van der Waals surface area contributed by atoms with E-state index in [0.29, 0.717) is 6.61 Å². The van der Waals surface area contributed by atoms with E-state index in [0.717, 1.165) is 24.2 Å². The highest BCUT2D eigenvalue weighted by molar-refractivity contribution is 7.12. The summed E-state index contributed by atoms with van der Waals surface area (Å²) >= 11 is 1.52. The van der Waals surface area contributed by atoms with Crippen LogP contribution in [0.2, 0.25) is 0 Å². The van der Waals surface area contributed by atoms with Crippen LogP contribution in [0.4, 0.5) is 0 Å². The summed E-state index contributed by atoms with van der Waals surface area (Å²) in [4.78, 5) is 11.4. The standard InChI is InChI=1S/C8H8O2S/c9-3-8-7-1-2-10-4-6(7)5-11-8/h3,5H,1-2,4H2. The average molecular weight is 168 g/mol. The van der Waals surface area contributed by atoms with E-state index in [-0.39, 0.29) is 0 Å². The molecule has 2 heterocycles. The minimum Gasteiger partial charge on any atom is -0.376 e. The Balaban J connectivity index is 2.45. The van der Waals surface area contributed by atoms with Crippen LogP contribution in [0.1, 0.15) is 20.8 Å². The Morgan fingerprint density at radius 1 is 1.64 bits per heavy atom. The average Bonchev–Trinajstić information content (AvgIpc) is 2.47. The van der Waals surface area contributed by atoms with Gasteiger partial charge in [0, 0.05) is 0 Å². The van der Waals surface area contributed by atoms with Crippen molar-refractivity contribution in [3.8, 4) is 0 Å². The Labute approximate surface area is 68.8 Å². The normalized spacial score (nSPS) is 16.0. The number of hydrogen-bond acceptors (Lipinski definition) is 3. The van der Waals surface area contributed by atoms with Gasteiger partial charge in [0.1, 0.15) is 0 Å². The summed E-state index contributed by atoms with van der Waals surface area (Å²) in [6.07, 6.45) is 1.84. The first-order valence-electron chi connectivity index (χ1n) is 3.54. The number of aldehydes is 1. The molecule has 0 amide bonds. The lowest BCUT2D eigenvalue weighted by Gasteiger charge is -2.11. The molecule has 1 aliphatic heterocycles. The predicted molar refractivity (Wildman–Crippen MR) is 43.1 cm³/mol. The van der Waals surface area contributed by atoms with E-state index < -0.39 is 0 Å².